The maximum absolute atomic E-state index is 12.8. The van der Waals surface area contributed by atoms with Gasteiger partial charge in [-0.25, -0.2) is 13.2 Å². The molecule has 0 saturated carbocycles. The van der Waals surface area contributed by atoms with Crippen LogP contribution in [0, 0.1) is 0 Å². The molecule has 2 aliphatic rings. The quantitative estimate of drug-likeness (QED) is 0.675. The second-order valence-corrected chi connectivity index (χ2v) is 9.64. The fraction of sp³-hybridized carbons (Fsp3) is 0.429. The number of amides is 1. The zero-order valence-electron chi connectivity index (χ0n) is 17.1. The molecule has 0 radical (unpaired) electrons. The summed E-state index contributed by atoms with van der Waals surface area (Å²) in [5.74, 6) is -1.03. The average Bonchev–Trinajstić information content (AvgIpc) is 3.46. The molecular formula is C21H25N3O5S. The van der Waals surface area contributed by atoms with Gasteiger partial charge in [0.25, 0.3) is 5.91 Å². The van der Waals surface area contributed by atoms with Crippen molar-refractivity contribution in [1.82, 2.24) is 8.87 Å². The maximum atomic E-state index is 12.8. The van der Waals surface area contributed by atoms with Crippen molar-refractivity contribution in [1.29, 1.82) is 0 Å². The van der Waals surface area contributed by atoms with E-state index in [2.05, 4.69) is 0 Å². The smallest absolute Gasteiger partial charge is 0.355 e. The number of sulfonamides is 1. The van der Waals surface area contributed by atoms with Crippen LogP contribution in [0.5, 0.6) is 0 Å². The number of aryl methyl sites for hydroxylation is 1. The van der Waals surface area contributed by atoms with E-state index < -0.39 is 22.1 Å². The first-order valence-corrected chi connectivity index (χ1v) is 11.5. The second-order valence-electron chi connectivity index (χ2n) is 7.70. The molecule has 1 fully saturated rings. The summed E-state index contributed by atoms with van der Waals surface area (Å²) in [5.41, 5.74) is 2.01. The third kappa shape index (κ3) is 3.63. The Hall–Kier alpha value is -2.65. The van der Waals surface area contributed by atoms with Crippen LogP contribution < -0.4 is 4.90 Å². The van der Waals surface area contributed by atoms with E-state index >= 15 is 0 Å². The zero-order chi connectivity index (χ0) is 21.5. The SMILES string of the molecule is CC(OC(=O)c1cc(S(=O)(=O)N2CCCC2)cn1C)C(=O)N1CCc2ccccc21. The number of benzene rings is 1. The number of hydrogen-bond donors (Lipinski definition) is 0. The fourth-order valence-corrected chi connectivity index (χ4v) is 5.60. The van der Waals surface area contributed by atoms with Crippen LogP contribution in [0.25, 0.3) is 0 Å². The topological polar surface area (TPSA) is 88.9 Å². The van der Waals surface area contributed by atoms with Gasteiger partial charge in [0.2, 0.25) is 10.0 Å². The number of para-hydroxylation sites is 1. The third-order valence-corrected chi connectivity index (χ3v) is 7.54. The Balaban J connectivity index is 1.48. The van der Waals surface area contributed by atoms with Gasteiger partial charge in [0, 0.05) is 38.6 Å². The van der Waals surface area contributed by atoms with Crippen LogP contribution in [0.1, 0.15) is 35.8 Å². The molecule has 1 atom stereocenters. The molecular weight excluding hydrogens is 406 g/mol. The van der Waals surface area contributed by atoms with E-state index in [1.165, 1.54) is 28.1 Å². The molecule has 0 bridgehead atoms. The van der Waals surface area contributed by atoms with Crippen molar-refractivity contribution < 1.29 is 22.7 Å². The van der Waals surface area contributed by atoms with Crippen LogP contribution in [0.3, 0.4) is 0 Å². The zero-order valence-corrected chi connectivity index (χ0v) is 17.9. The highest BCUT2D eigenvalue weighted by molar-refractivity contribution is 7.89. The summed E-state index contributed by atoms with van der Waals surface area (Å²) in [6.45, 7) is 3.05. The summed E-state index contributed by atoms with van der Waals surface area (Å²) in [6.07, 6.45) is 2.85. The highest BCUT2D eigenvalue weighted by Crippen LogP contribution is 2.28. The summed E-state index contributed by atoms with van der Waals surface area (Å²) in [7, 11) is -2.05. The first-order chi connectivity index (χ1) is 14.3. The van der Waals surface area contributed by atoms with Gasteiger partial charge < -0.3 is 14.2 Å². The predicted octanol–water partition coefficient (Wildman–Crippen LogP) is 1.94. The Morgan fingerprint density at radius 1 is 1.10 bits per heavy atom. The Labute approximate surface area is 176 Å². The van der Waals surface area contributed by atoms with Crippen molar-refractivity contribution >= 4 is 27.6 Å². The number of rotatable bonds is 5. The van der Waals surface area contributed by atoms with Crippen molar-refractivity contribution in [3.05, 3.63) is 47.8 Å². The lowest BCUT2D eigenvalue weighted by atomic mass is 10.2. The molecule has 0 spiro atoms. The van der Waals surface area contributed by atoms with Gasteiger partial charge >= 0.3 is 5.97 Å². The van der Waals surface area contributed by atoms with Gasteiger partial charge in [0.1, 0.15) is 10.6 Å². The van der Waals surface area contributed by atoms with Crippen molar-refractivity contribution in [3.8, 4) is 0 Å². The minimum Gasteiger partial charge on any atom is -0.448 e. The number of esters is 1. The minimum absolute atomic E-state index is 0.0614. The standard InChI is InChI=1S/C21H25N3O5S/c1-15(20(25)24-12-9-16-7-3-4-8-18(16)24)29-21(26)19-13-17(14-22(19)2)30(27,28)23-10-5-6-11-23/h3-4,7-8,13-15H,5-6,9-12H2,1-2H3. The number of ether oxygens (including phenoxy) is 1. The predicted molar refractivity (Wildman–Crippen MR) is 111 cm³/mol. The molecule has 1 aromatic heterocycles. The van der Waals surface area contributed by atoms with E-state index in [0.717, 1.165) is 30.5 Å². The fourth-order valence-electron chi connectivity index (χ4n) is 4.01. The van der Waals surface area contributed by atoms with Crippen LogP contribution in [0.2, 0.25) is 0 Å². The molecule has 4 rings (SSSR count). The van der Waals surface area contributed by atoms with Crippen LogP contribution >= 0.6 is 0 Å². The lowest BCUT2D eigenvalue weighted by molar-refractivity contribution is -0.126. The highest BCUT2D eigenvalue weighted by Gasteiger charge is 2.32. The van der Waals surface area contributed by atoms with E-state index in [-0.39, 0.29) is 16.5 Å². The molecule has 1 saturated heterocycles. The van der Waals surface area contributed by atoms with Crippen molar-refractivity contribution in [2.24, 2.45) is 7.05 Å². The molecule has 2 aliphatic heterocycles. The van der Waals surface area contributed by atoms with Gasteiger partial charge in [0.05, 0.1) is 0 Å². The molecule has 1 amide bonds. The van der Waals surface area contributed by atoms with Gasteiger partial charge in [-0.1, -0.05) is 18.2 Å². The van der Waals surface area contributed by atoms with Gasteiger partial charge in [-0.15, -0.1) is 0 Å². The highest BCUT2D eigenvalue weighted by atomic mass is 32.2. The lowest BCUT2D eigenvalue weighted by Crippen LogP contribution is -2.39. The lowest BCUT2D eigenvalue weighted by Gasteiger charge is -2.21. The maximum Gasteiger partial charge on any atom is 0.355 e. The third-order valence-electron chi connectivity index (χ3n) is 5.68. The van der Waals surface area contributed by atoms with Crippen molar-refractivity contribution in [3.63, 3.8) is 0 Å². The number of aromatic nitrogens is 1. The first-order valence-electron chi connectivity index (χ1n) is 10.1. The number of hydrogen-bond acceptors (Lipinski definition) is 5. The number of fused-ring (bicyclic) bond motifs is 1. The van der Waals surface area contributed by atoms with Gasteiger partial charge in [0.15, 0.2) is 6.10 Å². The van der Waals surface area contributed by atoms with E-state index in [0.29, 0.717) is 19.6 Å². The van der Waals surface area contributed by atoms with Crippen LogP contribution in [-0.2, 0) is 33.0 Å². The summed E-state index contributed by atoms with van der Waals surface area (Å²) in [6, 6.07) is 8.97. The molecule has 2 aromatic rings. The van der Waals surface area contributed by atoms with Crippen molar-refractivity contribution in [2.75, 3.05) is 24.5 Å². The summed E-state index contributed by atoms with van der Waals surface area (Å²) >= 11 is 0. The number of anilines is 1. The number of nitrogens with zero attached hydrogens (tertiary/aromatic N) is 3. The van der Waals surface area contributed by atoms with Crippen LogP contribution in [0.4, 0.5) is 5.69 Å². The van der Waals surface area contributed by atoms with Gasteiger partial charge in [-0.05, 0) is 43.9 Å². The monoisotopic (exact) mass is 431 g/mol. The first kappa shape index (κ1) is 20.6. The van der Waals surface area contributed by atoms with Crippen LogP contribution in [-0.4, -0.2) is 54.9 Å². The molecule has 1 aromatic carbocycles. The molecule has 3 heterocycles. The molecule has 160 valence electrons. The van der Waals surface area contributed by atoms with Gasteiger partial charge in [-0.2, -0.15) is 4.31 Å². The number of carbonyl (C=O) groups excluding carboxylic acids is 2. The largest absolute Gasteiger partial charge is 0.448 e. The van der Waals surface area contributed by atoms with E-state index in [1.807, 2.05) is 24.3 Å². The molecule has 0 N–H and O–H groups in total. The molecule has 30 heavy (non-hydrogen) atoms. The normalized spacial score (nSPS) is 17.7. The molecule has 8 nitrogen and oxygen atoms in total. The van der Waals surface area contributed by atoms with E-state index in [1.54, 1.807) is 11.9 Å². The summed E-state index contributed by atoms with van der Waals surface area (Å²) in [4.78, 5) is 27.2. The van der Waals surface area contributed by atoms with Crippen molar-refractivity contribution in [2.45, 2.75) is 37.2 Å². The Morgan fingerprint density at radius 3 is 2.53 bits per heavy atom. The second kappa shape index (κ2) is 7.88. The van der Waals surface area contributed by atoms with Gasteiger partial charge in [-0.3, -0.25) is 4.79 Å². The Morgan fingerprint density at radius 2 is 1.80 bits per heavy atom. The number of carbonyl (C=O) groups is 2. The summed E-state index contributed by atoms with van der Waals surface area (Å²) in [5, 5.41) is 0. The minimum atomic E-state index is -3.64. The average molecular weight is 432 g/mol. The van der Waals surface area contributed by atoms with E-state index in [9.17, 15) is 18.0 Å². The summed E-state index contributed by atoms with van der Waals surface area (Å²) < 4.78 is 33.7. The molecule has 1 unspecified atom stereocenters. The van der Waals surface area contributed by atoms with Crippen LogP contribution in [0.15, 0.2) is 41.4 Å². The Bertz CT molecular complexity index is 1090. The molecule has 0 aliphatic carbocycles. The molecule has 9 heteroatoms. The van der Waals surface area contributed by atoms with E-state index in [4.69, 9.17) is 4.74 Å². The Kier molecular flexibility index (Phi) is 5.42.